The van der Waals surface area contributed by atoms with E-state index in [0.717, 1.165) is 11.8 Å². The van der Waals surface area contributed by atoms with Gasteiger partial charge in [-0.25, -0.2) is 9.79 Å². The summed E-state index contributed by atoms with van der Waals surface area (Å²) in [6.45, 7) is 1.57. The van der Waals surface area contributed by atoms with E-state index in [-0.39, 0.29) is 6.61 Å². The first kappa shape index (κ1) is 12.3. The normalized spacial score (nSPS) is 13.5. The van der Waals surface area contributed by atoms with Crippen molar-refractivity contribution in [3.05, 3.63) is 35.9 Å². The molecule has 0 bridgehead atoms. The van der Waals surface area contributed by atoms with Crippen molar-refractivity contribution in [2.75, 3.05) is 6.66 Å². The average molecular weight is 228 g/mol. The summed E-state index contributed by atoms with van der Waals surface area (Å²) in [4.78, 5) is 18.7. The Morgan fingerprint density at radius 1 is 1.40 bits per heavy atom. The van der Waals surface area contributed by atoms with Crippen molar-refractivity contribution >= 4 is 13.9 Å². The van der Waals surface area contributed by atoms with E-state index in [1.54, 1.807) is 0 Å². The molecule has 5 heteroatoms. The van der Waals surface area contributed by atoms with Crippen LogP contribution in [0.5, 0.6) is 0 Å². The summed E-state index contributed by atoms with van der Waals surface area (Å²) < 4.78 is 5.25. The molecule has 0 spiro atoms. The minimum Gasteiger partial charge on any atom is -0.330 e. The van der Waals surface area contributed by atoms with E-state index in [2.05, 4.69) is 0 Å². The van der Waals surface area contributed by atoms with Gasteiger partial charge in [-0.15, -0.1) is 0 Å². The van der Waals surface area contributed by atoms with Crippen LogP contribution in [0.3, 0.4) is 0 Å². The predicted molar refractivity (Wildman–Crippen MR) is 61.1 cm³/mol. The molecule has 0 aliphatic heterocycles. The third-order valence-corrected chi connectivity index (χ3v) is 3.15. The Morgan fingerprint density at radius 3 is 2.47 bits per heavy atom. The molecule has 0 saturated carbocycles. The third-order valence-electron chi connectivity index (χ3n) is 1.89. The lowest BCUT2D eigenvalue weighted by Gasteiger charge is -2.15. The molecular weight excluding hydrogens is 213 g/mol. The van der Waals surface area contributed by atoms with Crippen LogP contribution >= 0.6 is 7.72 Å². The van der Waals surface area contributed by atoms with Crippen LogP contribution in [0.15, 0.2) is 30.3 Å². The molecule has 0 aromatic heterocycles. The van der Waals surface area contributed by atoms with Crippen LogP contribution in [0, 0.1) is 5.41 Å². The fourth-order valence-corrected chi connectivity index (χ4v) is 1.73. The van der Waals surface area contributed by atoms with Crippen molar-refractivity contribution in [1.82, 2.24) is 0 Å². The van der Waals surface area contributed by atoms with Gasteiger partial charge in [0, 0.05) is 0 Å². The highest BCUT2D eigenvalue weighted by Crippen LogP contribution is 2.50. The van der Waals surface area contributed by atoms with Crippen LogP contribution in [0.1, 0.15) is 5.56 Å². The van der Waals surface area contributed by atoms with E-state index in [4.69, 9.17) is 10.1 Å². The van der Waals surface area contributed by atoms with Crippen LogP contribution in [0.4, 0.5) is 0 Å². The molecule has 0 saturated heterocycles. The van der Waals surface area contributed by atoms with Crippen LogP contribution in [-0.2, 0) is 11.3 Å². The lowest BCUT2D eigenvalue weighted by molar-refractivity contribution is 0.120. The highest BCUT2D eigenvalue weighted by Gasteiger charge is 2.37. The van der Waals surface area contributed by atoms with Crippen LogP contribution in [0.2, 0.25) is 0 Å². The molecule has 0 fully saturated rings. The Morgan fingerprint density at radius 2 is 2.00 bits per heavy atom. The highest BCUT2D eigenvalue weighted by molar-refractivity contribution is 7.65. The summed E-state index contributed by atoms with van der Waals surface area (Å²) in [5.74, 6) is -0.905. The minimum atomic E-state index is -3.13. The number of ether oxygens (including phenoxy) is 1. The van der Waals surface area contributed by atoms with Gasteiger partial charge in [0.05, 0.1) is 12.8 Å². The molecule has 1 aromatic rings. The van der Waals surface area contributed by atoms with Crippen molar-refractivity contribution in [2.45, 2.75) is 12.5 Å². The molecule has 3 N–H and O–H groups in total. The van der Waals surface area contributed by atoms with Crippen molar-refractivity contribution in [2.24, 2.45) is 0 Å². The minimum absolute atomic E-state index is 0.275. The van der Waals surface area contributed by atoms with E-state index in [1.807, 2.05) is 30.3 Å². The third kappa shape index (κ3) is 4.06. The van der Waals surface area contributed by atoms with Crippen LogP contribution in [-0.4, -0.2) is 28.5 Å². The van der Waals surface area contributed by atoms with Gasteiger partial charge in [-0.3, -0.25) is 0 Å². The molecule has 1 aromatic carbocycles. The maximum atomic E-state index is 9.35. The van der Waals surface area contributed by atoms with Gasteiger partial charge in [-0.2, -0.15) is 0 Å². The topological polar surface area (TPSA) is 73.5 Å². The van der Waals surface area contributed by atoms with Crippen molar-refractivity contribution in [3.63, 3.8) is 0 Å². The maximum Gasteiger partial charge on any atom is 0.299 e. The standard InChI is InChI=1S/C10H15NO3P/c1-15(12,13)10(7-11)14-8-9-5-3-2-4-6-9/h2-7,10-13H,8H2,1H3/q+1. The van der Waals surface area contributed by atoms with Gasteiger partial charge < -0.3 is 10.1 Å². The molecule has 0 heterocycles. The SMILES string of the molecule is C[P+](O)(O)C(C=N)OCc1ccccc1. The zero-order valence-electron chi connectivity index (χ0n) is 8.50. The first-order valence-electron chi connectivity index (χ1n) is 4.52. The predicted octanol–water partition coefficient (Wildman–Crippen LogP) is 1.64. The van der Waals surface area contributed by atoms with E-state index < -0.39 is 13.6 Å². The lowest BCUT2D eigenvalue weighted by Crippen LogP contribution is -2.17. The summed E-state index contributed by atoms with van der Waals surface area (Å²) >= 11 is 0. The monoisotopic (exact) mass is 228 g/mol. The van der Waals surface area contributed by atoms with Gasteiger partial charge in [-0.1, -0.05) is 30.3 Å². The van der Waals surface area contributed by atoms with Gasteiger partial charge >= 0.3 is 0 Å². The molecule has 0 aliphatic rings. The Bertz CT molecular complexity index is 310. The van der Waals surface area contributed by atoms with E-state index >= 15 is 0 Å². The molecule has 0 radical (unpaired) electrons. The van der Waals surface area contributed by atoms with Gasteiger partial charge in [0.25, 0.3) is 13.6 Å². The second-order valence-corrected chi connectivity index (χ2v) is 5.80. The Hall–Kier alpha value is -0.800. The molecule has 1 atom stereocenters. The number of benzene rings is 1. The summed E-state index contributed by atoms with van der Waals surface area (Å²) in [6, 6.07) is 9.42. The number of hydrogen-bond acceptors (Lipinski definition) is 4. The quantitative estimate of drug-likeness (QED) is 0.529. The summed E-state index contributed by atoms with van der Waals surface area (Å²) in [5.41, 5.74) is 0.942. The zero-order chi connectivity index (χ0) is 11.3. The highest BCUT2D eigenvalue weighted by atomic mass is 31.2. The van der Waals surface area contributed by atoms with Gasteiger partial charge in [0.15, 0.2) is 0 Å². The second kappa shape index (κ2) is 5.33. The largest absolute Gasteiger partial charge is 0.330 e. The number of hydrogen-bond donors (Lipinski definition) is 3. The molecular formula is C10H15NO3P+. The molecule has 0 amide bonds. The number of nitrogens with one attached hydrogen (secondary N) is 1. The van der Waals surface area contributed by atoms with E-state index in [0.29, 0.717) is 0 Å². The first-order valence-corrected chi connectivity index (χ1v) is 6.73. The molecule has 0 aliphatic carbocycles. The molecule has 1 unspecified atom stereocenters. The molecule has 4 nitrogen and oxygen atoms in total. The molecule has 1 rings (SSSR count). The van der Waals surface area contributed by atoms with Gasteiger partial charge in [0.2, 0.25) is 0 Å². The van der Waals surface area contributed by atoms with Gasteiger partial charge in [0.1, 0.15) is 6.66 Å². The number of rotatable bonds is 5. The lowest BCUT2D eigenvalue weighted by atomic mass is 10.2. The van der Waals surface area contributed by atoms with Crippen molar-refractivity contribution in [3.8, 4) is 0 Å². The van der Waals surface area contributed by atoms with E-state index in [1.165, 1.54) is 6.66 Å². The van der Waals surface area contributed by atoms with E-state index in [9.17, 15) is 9.79 Å². The smallest absolute Gasteiger partial charge is 0.299 e. The molecule has 15 heavy (non-hydrogen) atoms. The fourth-order valence-electron chi connectivity index (χ4n) is 1.09. The fraction of sp³-hybridized carbons (Fsp3) is 0.300. The first-order chi connectivity index (χ1) is 7.04. The average Bonchev–Trinajstić information content (AvgIpc) is 2.18. The van der Waals surface area contributed by atoms with Crippen molar-refractivity contribution in [1.29, 1.82) is 5.41 Å². The van der Waals surface area contributed by atoms with Crippen LogP contribution < -0.4 is 0 Å². The summed E-state index contributed by atoms with van der Waals surface area (Å²) in [7, 11) is -3.13. The summed E-state index contributed by atoms with van der Waals surface area (Å²) in [5, 5.41) is 7.04. The Balaban J connectivity index is 2.52. The summed E-state index contributed by atoms with van der Waals surface area (Å²) in [6.07, 6.45) is 0.927. The second-order valence-electron chi connectivity index (χ2n) is 3.33. The Kier molecular flexibility index (Phi) is 4.36. The zero-order valence-corrected chi connectivity index (χ0v) is 9.39. The Labute approximate surface area is 89.5 Å². The molecule has 82 valence electrons. The van der Waals surface area contributed by atoms with Crippen molar-refractivity contribution < 1.29 is 14.5 Å². The van der Waals surface area contributed by atoms with Gasteiger partial charge in [-0.05, 0) is 5.56 Å². The van der Waals surface area contributed by atoms with Crippen LogP contribution in [0.25, 0.3) is 0 Å². The maximum absolute atomic E-state index is 9.35.